The number of carbonyl (C=O) groups is 1. The highest BCUT2D eigenvalue weighted by molar-refractivity contribution is 5.76. The number of ether oxygens (including phenoxy) is 1. The Hall–Kier alpha value is -2.35. The Balaban J connectivity index is 1.39. The molecule has 2 aromatic heterocycles. The van der Waals surface area contributed by atoms with Crippen molar-refractivity contribution >= 4 is 5.91 Å². The lowest BCUT2D eigenvalue weighted by Crippen LogP contribution is -2.40. The third kappa shape index (κ3) is 3.90. The largest absolute Gasteiger partial charge is 0.380 e. The van der Waals surface area contributed by atoms with Crippen molar-refractivity contribution < 1.29 is 9.53 Å². The van der Waals surface area contributed by atoms with Crippen LogP contribution in [-0.4, -0.2) is 55.5 Å². The van der Waals surface area contributed by atoms with Gasteiger partial charge in [0.1, 0.15) is 12.0 Å². The van der Waals surface area contributed by atoms with Crippen LogP contribution in [0.3, 0.4) is 0 Å². The summed E-state index contributed by atoms with van der Waals surface area (Å²) >= 11 is 0. The van der Waals surface area contributed by atoms with Gasteiger partial charge in [0.05, 0.1) is 18.8 Å². The molecule has 1 unspecified atom stereocenters. The van der Waals surface area contributed by atoms with Gasteiger partial charge in [-0.2, -0.15) is 0 Å². The average Bonchev–Trinajstić information content (AvgIpc) is 3.41. The molecule has 1 saturated carbocycles. The summed E-state index contributed by atoms with van der Waals surface area (Å²) in [5.41, 5.74) is 2.96. The number of hydrogen-bond acceptors (Lipinski definition) is 6. The molecule has 0 bridgehead atoms. The van der Waals surface area contributed by atoms with Crippen LogP contribution in [0.5, 0.6) is 0 Å². The van der Waals surface area contributed by atoms with E-state index in [1.807, 2.05) is 16.6 Å². The number of hydrogen-bond donors (Lipinski definition) is 0. The van der Waals surface area contributed by atoms with Crippen LogP contribution < -0.4 is 0 Å². The Labute approximate surface area is 152 Å². The Morgan fingerprint density at radius 2 is 2.08 bits per heavy atom. The second-order valence-corrected chi connectivity index (χ2v) is 7.24. The zero-order valence-electron chi connectivity index (χ0n) is 15.0. The van der Waals surface area contributed by atoms with E-state index in [0.717, 1.165) is 29.5 Å². The quantitative estimate of drug-likeness (QED) is 0.738. The van der Waals surface area contributed by atoms with E-state index < -0.39 is 0 Å². The van der Waals surface area contributed by atoms with Gasteiger partial charge in [-0.3, -0.25) is 9.48 Å². The van der Waals surface area contributed by atoms with Crippen LogP contribution in [0.2, 0.25) is 0 Å². The molecule has 1 aliphatic heterocycles. The summed E-state index contributed by atoms with van der Waals surface area (Å²) in [5.74, 6) is 0.979. The van der Waals surface area contributed by atoms with Gasteiger partial charge in [0.2, 0.25) is 5.91 Å². The van der Waals surface area contributed by atoms with Gasteiger partial charge in [-0.05, 0) is 30.7 Å². The molecule has 1 aliphatic carbocycles. The molecule has 4 rings (SSSR count). The number of carbonyl (C=O) groups excluding carboxylic acids is 1. The Bertz CT molecular complexity index is 758. The fraction of sp³-hybridized carbons (Fsp3) is 0.611. The summed E-state index contributed by atoms with van der Waals surface area (Å²) in [5, 5.41) is 8.40. The summed E-state index contributed by atoms with van der Waals surface area (Å²) in [6, 6.07) is 0. The zero-order chi connectivity index (χ0) is 17.9. The van der Waals surface area contributed by atoms with Gasteiger partial charge < -0.3 is 9.64 Å². The van der Waals surface area contributed by atoms with Crippen molar-refractivity contribution in [3.05, 3.63) is 35.7 Å². The molecule has 0 aromatic carbocycles. The molecule has 1 atom stereocenters. The van der Waals surface area contributed by atoms with Crippen molar-refractivity contribution in [3.8, 4) is 0 Å². The molecule has 0 radical (unpaired) electrons. The second kappa shape index (κ2) is 7.49. The molecule has 2 aliphatic rings. The van der Waals surface area contributed by atoms with Crippen LogP contribution >= 0.6 is 0 Å². The molecule has 1 fully saturated rings. The standard InChI is InChI=1S/C18H24N6O2/c1-23-18-15(11-26-10-13-2-3-13)8-24(9-16(18)21-22-23)17(25)5-4-14-6-19-12-20-7-14/h6-7,12-13,15H,2-5,8-11H2,1H3. The topological polar surface area (TPSA) is 86.0 Å². The summed E-state index contributed by atoms with van der Waals surface area (Å²) in [4.78, 5) is 22.6. The van der Waals surface area contributed by atoms with Gasteiger partial charge in [0, 0.05) is 44.9 Å². The Morgan fingerprint density at radius 1 is 1.27 bits per heavy atom. The fourth-order valence-electron chi connectivity index (χ4n) is 3.47. The zero-order valence-corrected chi connectivity index (χ0v) is 15.0. The molecule has 138 valence electrons. The predicted octanol–water partition coefficient (Wildman–Crippen LogP) is 1.09. The molecule has 2 aromatic rings. The number of aryl methyl sites for hydroxylation is 2. The van der Waals surface area contributed by atoms with Gasteiger partial charge in [-0.1, -0.05) is 5.21 Å². The maximum atomic E-state index is 12.7. The van der Waals surface area contributed by atoms with Crippen LogP contribution in [0.15, 0.2) is 18.7 Å². The summed E-state index contributed by atoms with van der Waals surface area (Å²) in [6.07, 6.45) is 8.65. The van der Waals surface area contributed by atoms with Crippen molar-refractivity contribution in [2.75, 3.05) is 19.8 Å². The highest BCUT2D eigenvalue weighted by atomic mass is 16.5. The lowest BCUT2D eigenvalue weighted by molar-refractivity contribution is -0.132. The molecule has 1 amide bonds. The first-order valence-corrected chi connectivity index (χ1v) is 9.18. The number of amides is 1. The molecule has 3 heterocycles. The number of nitrogens with zero attached hydrogens (tertiary/aromatic N) is 6. The summed E-state index contributed by atoms with van der Waals surface area (Å²) < 4.78 is 7.74. The van der Waals surface area contributed by atoms with Crippen LogP contribution in [0.25, 0.3) is 0 Å². The molecule has 0 N–H and O–H groups in total. The van der Waals surface area contributed by atoms with E-state index in [4.69, 9.17) is 4.74 Å². The van der Waals surface area contributed by atoms with E-state index in [-0.39, 0.29) is 11.8 Å². The van der Waals surface area contributed by atoms with E-state index in [0.29, 0.717) is 32.5 Å². The van der Waals surface area contributed by atoms with Gasteiger partial charge in [-0.15, -0.1) is 5.10 Å². The van der Waals surface area contributed by atoms with Crippen LogP contribution in [0, 0.1) is 5.92 Å². The normalized spacial score (nSPS) is 19.4. The second-order valence-electron chi connectivity index (χ2n) is 7.24. The Morgan fingerprint density at radius 3 is 2.85 bits per heavy atom. The van der Waals surface area contributed by atoms with E-state index in [2.05, 4.69) is 20.3 Å². The first-order chi connectivity index (χ1) is 12.7. The molecule has 8 nitrogen and oxygen atoms in total. The third-order valence-corrected chi connectivity index (χ3v) is 5.08. The minimum atomic E-state index is 0.123. The molecule has 8 heteroatoms. The van der Waals surface area contributed by atoms with E-state index >= 15 is 0 Å². The lowest BCUT2D eigenvalue weighted by atomic mass is 9.98. The van der Waals surface area contributed by atoms with E-state index in [9.17, 15) is 4.79 Å². The SMILES string of the molecule is Cn1nnc2c1C(COCC1CC1)CN(C(=O)CCc1cncnc1)C2. The summed E-state index contributed by atoms with van der Waals surface area (Å²) in [6.45, 7) is 2.61. The maximum Gasteiger partial charge on any atom is 0.223 e. The molecular formula is C18H24N6O2. The Kier molecular flexibility index (Phi) is 4.92. The van der Waals surface area contributed by atoms with Crippen molar-refractivity contribution in [2.24, 2.45) is 13.0 Å². The highest BCUT2D eigenvalue weighted by Gasteiger charge is 2.32. The predicted molar refractivity (Wildman–Crippen MR) is 93.1 cm³/mol. The fourth-order valence-corrected chi connectivity index (χ4v) is 3.47. The van der Waals surface area contributed by atoms with E-state index in [1.165, 1.54) is 19.2 Å². The van der Waals surface area contributed by atoms with Gasteiger partial charge in [0.25, 0.3) is 0 Å². The monoisotopic (exact) mass is 356 g/mol. The van der Waals surface area contributed by atoms with Crippen molar-refractivity contribution in [3.63, 3.8) is 0 Å². The minimum Gasteiger partial charge on any atom is -0.380 e. The van der Waals surface area contributed by atoms with Gasteiger partial charge in [-0.25, -0.2) is 9.97 Å². The van der Waals surface area contributed by atoms with Gasteiger partial charge in [0.15, 0.2) is 0 Å². The van der Waals surface area contributed by atoms with Crippen LogP contribution in [0.4, 0.5) is 0 Å². The molecule has 0 spiro atoms. The number of fused-ring (bicyclic) bond motifs is 1. The van der Waals surface area contributed by atoms with Crippen molar-refractivity contribution in [2.45, 2.75) is 38.1 Å². The lowest BCUT2D eigenvalue weighted by Gasteiger charge is -2.32. The molecular weight excluding hydrogens is 332 g/mol. The first-order valence-electron chi connectivity index (χ1n) is 9.18. The maximum absolute atomic E-state index is 12.7. The average molecular weight is 356 g/mol. The molecule has 26 heavy (non-hydrogen) atoms. The molecule has 0 saturated heterocycles. The van der Waals surface area contributed by atoms with Crippen molar-refractivity contribution in [1.82, 2.24) is 29.9 Å². The van der Waals surface area contributed by atoms with Crippen molar-refractivity contribution in [1.29, 1.82) is 0 Å². The number of rotatable bonds is 7. The summed E-state index contributed by atoms with van der Waals surface area (Å²) in [7, 11) is 1.91. The first kappa shape index (κ1) is 17.1. The smallest absolute Gasteiger partial charge is 0.223 e. The number of aromatic nitrogens is 5. The third-order valence-electron chi connectivity index (χ3n) is 5.08. The minimum absolute atomic E-state index is 0.123. The highest BCUT2D eigenvalue weighted by Crippen LogP contribution is 2.31. The van der Waals surface area contributed by atoms with E-state index in [1.54, 1.807) is 12.4 Å². The van der Waals surface area contributed by atoms with Crippen LogP contribution in [-0.2, 0) is 29.5 Å². The van der Waals surface area contributed by atoms with Gasteiger partial charge >= 0.3 is 0 Å². The van der Waals surface area contributed by atoms with Crippen LogP contribution in [0.1, 0.15) is 42.1 Å².